The number of hydrogen-bond donors (Lipinski definition) is 1. The minimum atomic E-state index is -0.684. The van der Waals surface area contributed by atoms with Crippen LogP contribution in [0.25, 0.3) is 28.0 Å². The first-order valence-electron chi connectivity index (χ1n) is 13.9. The van der Waals surface area contributed by atoms with Gasteiger partial charge in [-0.1, -0.05) is 38.1 Å². The fraction of sp³-hybridized carbons (Fsp3) is 0.312. The van der Waals surface area contributed by atoms with Crippen molar-refractivity contribution in [2.75, 3.05) is 18.0 Å². The third kappa shape index (κ3) is 4.17. The fourth-order valence-corrected chi connectivity index (χ4v) is 6.75. The highest BCUT2D eigenvalue weighted by molar-refractivity contribution is 6.34. The molecule has 4 aromatic rings. The second-order valence-electron chi connectivity index (χ2n) is 11.4. The van der Waals surface area contributed by atoms with Gasteiger partial charge in [-0.05, 0) is 55.7 Å². The molecular weight excluding hydrogens is 557 g/mol. The van der Waals surface area contributed by atoms with Crippen molar-refractivity contribution in [3.05, 3.63) is 87.2 Å². The van der Waals surface area contributed by atoms with E-state index in [0.29, 0.717) is 36.1 Å². The number of phenols is 1. The van der Waals surface area contributed by atoms with Crippen LogP contribution < -0.4 is 10.5 Å². The fourth-order valence-electron chi connectivity index (χ4n) is 6.51. The van der Waals surface area contributed by atoms with E-state index in [9.17, 15) is 14.7 Å². The number of pyridine rings is 3. The van der Waals surface area contributed by atoms with Crippen molar-refractivity contribution in [1.82, 2.24) is 19.4 Å². The summed E-state index contributed by atoms with van der Waals surface area (Å²) < 4.78 is 16.7. The van der Waals surface area contributed by atoms with Gasteiger partial charge in [-0.2, -0.15) is 0 Å². The lowest BCUT2D eigenvalue weighted by Gasteiger charge is -2.43. The summed E-state index contributed by atoms with van der Waals surface area (Å²) in [5, 5.41) is 11.4. The second kappa shape index (κ2) is 10.2. The van der Waals surface area contributed by atoms with Crippen LogP contribution in [0.5, 0.6) is 5.75 Å². The molecule has 0 saturated carbocycles. The van der Waals surface area contributed by atoms with Gasteiger partial charge in [0.1, 0.15) is 17.2 Å². The minimum absolute atomic E-state index is 0.0117. The first-order valence-corrected chi connectivity index (χ1v) is 14.3. The molecule has 1 aromatic carbocycles. The number of halogens is 2. The summed E-state index contributed by atoms with van der Waals surface area (Å²) in [5.41, 5.74) is 3.42. The number of anilines is 1. The Labute approximate surface area is 247 Å². The van der Waals surface area contributed by atoms with Crippen LogP contribution in [0, 0.1) is 12.7 Å². The van der Waals surface area contributed by atoms with Crippen LogP contribution in [0.15, 0.2) is 54.0 Å². The number of aromatic hydroxyl groups is 1. The lowest BCUT2D eigenvalue weighted by Crippen LogP contribution is -2.57. The molecule has 0 radical (unpaired) electrons. The summed E-state index contributed by atoms with van der Waals surface area (Å²) >= 11 is 6.81. The molecule has 2 unspecified atom stereocenters. The predicted octanol–water partition coefficient (Wildman–Crippen LogP) is 5.53. The van der Waals surface area contributed by atoms with Gasteiger partial charge in [-0.15, -0.1) is 0 Å². The maximum absolute atomic E-state index is 15.1. The summed E-state index contributed by atoms with van der Waals surface area (Å²) in [6, 6.07) is 7.31. The molecule has 6 rings (SSSR count). The van der Waals surface area contributed by atoms with E-state index in [1.807, 2.05) is 33.8 Å². The Bertz CT molecular complexity index is 1830. The van der Waals surface area contributed by atoms with Crippen LogP contribution in [0.4, 0.5) is 10.1 Å². The van der Waals surface area contributed by atoms with Crippen molar-refractivity contribution >= 4 is 34.2 Å². The molecule has 2 atom stereocenters. The highest BCUT2D eigenvalue weighted by atomic mass is 35.5. The lowest BCUT2D eigenvalue weighted by atomic mass is 10.0. The number of amides is 1. The summed E-state index contributed by atoms with van der Waals surface area (Å²) in [4.78, 5) is 40.6. The Hall–Kier alpha value is -4.24. The zero-order valence-corrected chi connectivity index (χ0v) is 24.6. The zero-order valence-electron chi connectivity index (χ0n) is 23.9. The number of aryl methyl sites for hydroxylation is 1. The van der Waals surface area contributed by atoms with E-state index in [2.05, 4.69) is 16.5 Å². The van der Waals surface area contributed by atoms with Gasteiger partial charge in [0.15, 0.2) is 0 Å². The highest BCUT2D eigenvalue weighted by Gasteiger charge is 2.42. The van der Waals surface area contributed by atoms with Crippen LogP contribution in [-0.4, -0.2) is 55.6 Å². The number of phenolic OH excluding ortho intramolecular Hbond substituents is 1. The number of carbonyl (C=O) groups is 1. The molecule has 42 heavy (non-hydrogen) atoms. The van der Waals surface area contributed by atoms with Crippen LogP contribution in [-0.2, 0) is 11.2 Å². The Morgan fingerprint density at radius 1 is 1.24 bits per heavy atom. The summed E-state index contributed by atoms with van der Waals surface area (Å²) in [6.45, 7) is 12.5. The average molecular weight is 588 g/mol. The molecule has 1 N–H and O–H groups in total. The molecule has 1 amide bonds. The number of piperazine rings is 1. The quantitative estimate of drug-likeness (QED) is 0.316. The molecule has 3 aromatic heterocycles. The molecule has 2 aliphatic rings. The van der Waals surface area contributed by atoms with E-state index in [0.717, 1.165) is 16.9 Å². The number of hydrogen-bond acceptors (Lipinski definition) is 6. The molecule has 10 heteroatoms. The van der Waals surface area contributed by atoms with Gasteiger partial charge in [0.2, 0.25) is 5.91 Å². The van der Waals surface area contributed by atoms with Gasteiger partial charge >= 0.3 is 0 Å². The van der Waals surface area contributed by atoms with Gasteiger partial charge in [0.25, 0.3) is 5.56 Å². The summed E-state index contributed by atoms with van der Waals surface area (Å²) in [7, 11) is 0. The standard InChI is InChI=1S/C32H31ClFN5O3/c1-6-25(41)37-14-18(5)38-19(15-37)12-21-30(38)20-13-22(33)28(26-23(34)8-7-9-24(26)40)36-31(20)39(32(21)42)29-17(4)10-11-35-27(29)16(2)3/h6-11,13,16,18-19,40H,1,12,14-15H2,2-5H3. The van der Waals surface area contributed by atoms with E-state index in [4.69, 9.17) is 16.6 Å². The third-order valence-electron chi connectivity index (χ3n) is 8.29. The Balaban J connectivity index is 1.71. The number of aromatic nitrogens is 3. The van der Waals surface area contributed by atoms with Crippen molar-refractivity contribution in [3.63, 3.8) is 0 Å². The Morgan fingerprint density at radius 2 is 2.00 bits per heavy atom. The van der Waals surface area contributed by atoms with Crippen LogP contribution in [0.3, 0.4) is 0 Å². The van der Waals surface area contributed by atoms with E-state index >= 15 is 4.39 Å². The van der Waals surface area contributed by atoms with E-state index in [1.165, 1.54) is 24.3 Å². The molecule has 216 valence electrons. The zero-order chi connectivity index (χ0) is 30.0. The minimum Gasteiger partial charge on any atom is -0.507 e. The molecule has 2 aliphatic heterocycles. The maximum Gasteiger partial charge on any atom is 0.262 e. The van der Waals surface area contributed by atoms with Gasteiger partial charge < -0.3 is 14.9 Å². The van der Waals surface area contributed by atoms with E-state index < -0.39 is 5.82 Å². The first-order chi connectivity index (χ1) is 20.0. The number of fused-ring (bicyclic) bond motifs is 5. The topological polar surface area (TPSA) is 91.6 Å². The normalized spacial score (nSPS) is 18.0. The van der Waals surface area contributed by atoms with Crippen molar-refractivity contribution < 1.29 is 14.3 Å². The highest BCUT2D eigenvalue weighted by Crippen LogP contribution is 2.44. The van der Waals surface area contributed by atoms with Gasteiger partial charge in [-0.3, -0.25) is 19.1 Å². The average Bonchev–Trinajstić information content (AvgIpc) is 3.34. The largest absolute Gasteiger partial charge is 0.507 e. The third-order valence-corrected chi connectivity index (χ3v) is 8.58. The molecular formula is C32H31ClFN5O3. The van der Waals surface area contributed by atoms with Gasteiger partial charge in [0.05, 0.1) is 39.4 Å². The van der Waals surface area contributed by atoms with Crippen LogP contribution >= 0.6 is 11.6 Å². The molecule has 1 saturated heterocycles. The van der Waals surface area contributed by atoms with Crippen molar-refractivity contribution in [3.8, 4) is 22.7 Å². The van der Waals surface area contributed by atoms with Crippen molar-refractivity contribution in [2.24, 2.45) is 0 Å². The second-order valence-corrected chi connectivity index (χ2v) is 11.8. The SMILES string of the molecule is C=CC(=O)N1CC(C)N2c3c(c(=O)n(-c4c(C)ccnc4C(C)C)c4nc(-c5c(O)cccc5F)c(Cl)cc34)CC2C1. The van der Waals surface area contributed by atoms with Gasteiger partial charge in [-0.25, -0.2) is 9.37 Å². The Morgan fingerprint density at radius 3 is 2.69 bits per heavy atom. The molecule has 1 fully saturated rings. The molecule has 0 spiro atoms. The lowest BCUT2D eigenvalue weighted by molar-refractivity contribution is -0.127. The summed E-state index contributed by atoms with van der Waals surface area (Å²) in [6.07, 6.45) is 3.46. The predicted molar refractivity (Wildman–Crippen MR) is 162 cm³/mol. The number of rotatable bonds is 4. The smallest absolute Gasteiger partial charge is 0.262 e. The summed E-state index contributed by atoms with van der Waals surface area (Å²) in [5.74, 6) is -1.15. The monoisotopic (exact) mass is 587 g/mol. The Kier molecular flexibility index (Phi) is 6.80. The first kappa shape index (κ1) is 27.9. The van der Waals surface area contributed by atoms with Crippen LogP contribution in [0.1, 0.15) is 43.5 Å². The number of benzene rings is 1. The molecule has 0 bridgehead atoms. The van der Waals surface area contributed by atoms with Crippen LogP contribution in [0.2, 0.25) is 5.02 Å². The number of carbonyl (C=O) groups excluding carboxylic acids is 1. The van der Waals surface area contributed by atoms with Gasteiger partial charge in [0, 0.05) is 42.7 Å². The number of nitrogens with zero attached hydrogens (tertiary/aromatic N) is 5. The maximum atomic E-state index is 15.1. The van der Waals surface area contributed by atoms with Crippen molar-refractivity contribution in [2.45, 2.75) is 52.1 Å². The molecule has 0 aliphatic carbocycles. The molecule has 8 nitrogen and oxygen atoms in total. The molecule has 5 heterocycles. The van der Waals surface area contributed by atoms with Crippen molar-refractivity contribution in [1.29, 1.82) is 0 Å². The van der Waals surface area contributed by atoms with E-state index in [1.54, 1.807) is 21.7 Å². The van der Waals surface area contributed by atoms with E-state index in [-0.39, 0.29) is 57.1 Å².